The highest BCUT2D eigenvalue weighted by molar-refractivity contribution is 6.66. The fraction of sp³-hybridized carbons (Fsp3) is 0.889. The van der Waals surface area contributed by atoms with Gasteiger partial charge in [-0.1, -0.05) is 13.3 Å². The third-order valence-electron chi connectivity index (χ3n) is 2.65. The Balaban J connectivity index is 2.37. The number of piperidine rings is 1. The summed E-state index contributed by atoms with van der Waals surface area (Å²) in [7, 11) is 0. The van der Waals surface area contributed by atoms with Crippen LogP contribution in [0, 0.1) is 5.92 Å². The molecular weight excluding hydrogens is 260 g/mol. The van der Waals surface area contributed by atoms with Gasteiger partial charge in [-0.25, -0.2) is 4.79 Å². The summed E-state index contributed by atoms with van der Waals surface area (Å²) in [4.78, 5) is 13.0. The molecule has 1 aliphatic heterocycles. The number of rotatable bonds is 1. The highest BCUT2D eigenvalue weighted by Crippen LogP contribution is 2.29. The average molecular weight is 275 g/mol. The van der Waals surface area contributed by atoms with E-state index in [0.717, 1.165) is 19.3 Å². The van der Waals surface area contributed by atoms with Crippen LogP contribution in [0.2, 0.25) is 0 Å². The first kappa shape index (κ1) is 13.2. The number of halogens is 3. The molecule has 0 saturated carbocycles. The number of amides is 1. The monoisotopic (exact) mass is 273 g/mol. The average Bonchev–Trinajstić information content (AvgIpc) is 2.15. The van der Waals surface area contributed by atoms with Crippen LogP contribution >= 0.6 is 34.8 Å². The second kappa shape index (κ2) is 5.46. The van der Waals surface area contributed by atoms with Crippen molar-refractivity contribution in [1.82, 2.24) is 4.90 Å². The molecule has 0 atom stereocenters. The fourth-order valence-electron chi connectivity index (χ4n) is 1.69. The van der Waals surface area contributed by atoms with E-state index >= 15 is 0 Å². The van der Waals surface area contributed by atoms with Crippen molar-refractivity contribution in [2.45, 2.75) is 30.2 Å². The number of ether oxygens (including phenoxy) is 1. The van der Waals surface area contributed by atoms with E-state index in [0.29, 0.717) is 19.0 Å². The minimum Gasteiger partial charge on any atom is -0.398 e. The normalized spacial score (nSPS) is 19.1. The number of carbonyl (C=O) groups is 1. The lowest BCUT2D eigenvalue weighted by Gasteiger charge is -2.31. The lowest BCUT2D eigenvalue weighted by molar-refractivity contribution is 0.0853. The first-order valence-electron chi connectivity index (χ1n) is 4.97. The van der Waals surface area contributed by atoms with Gasteiger partial charge in [0.2, 0.25) is 0 Å². The third-order valence-corrected chi connectivity index (χ3v) is 2.88. The molecule has 1 heterocycles. The Morgan fingerprint density at radius 3 is 2.33 bits per heavy atom. The SMILES string of the molecule is CCC1CCN(C(=O)OC(Cl)(Cl)Cl)CC1. The lowest BCUT2D eigenvalue weighted by atomic mass is 9.95. The Bertz CT molecular complexity index is 222. The molecule has 0 unspecified atom stereocenters. The molecule has 0 aliphatic carbocycles. The summed E-state index contributed by atoms with van der Waals surface area (Å²) < 4.78 is 2.67. The number of hydrogen-bond donors (Lipinski definition) is 0. The molecule has 6 heteroatoms. The van der Waals surface area contributed by atoms with Crippen LogP contribution in [-0.2, 0) is 4.74 Å². The largest absolute Gasteiger partial charge is 0.413 e. The Morgan fingerprint density at radius 2 is 1.93 bits per heavy atom. The molecule has 1 fully saturated rings. The van der Waals surface area contributed by atoms with Crippen LogP contribution < -0.4 is 0 Å². The van der Waals surface area contributed by atoms with Crippen LogP contribution in [0.5, 0.6) is 0 Å². The van der Waals surface area contributed by atoms with Gasteiger partial charge < -0.3 is 9.64 Å². The highest BCUT2D eigenvalue weighted by atomic mass is 35.6. The van der Waals surface area contributed by atoms with E-state index in [-0.39, 0.29) is 0 Å². The van der Waals surface area contributed by atoms with Crippen LogP contribution in [0.4, 0.5) is 4.79 Å². The highest BCUT2D eigenvalue weighted by Gasteiger charge is 2.30. The van der Waals surface area contributed by atoms with Gasteiger partial charge in [-0.05, 0) is 53.6 Å². The predicted octanol–water partition coefficient (Wildman–Crippen LogP) is 3.57. The van der Waals surface area contributed by atoms with Crippen molar-refractivity contribution >= 4 is 40.9 Å². The Kier molecular flexibility index (Phi) is 4.81. The summed E-state index contributed by atoms with van der Waals surface area (Å²) in [5, 5.41) is 0. The standard InChI is InChI=1S/C9H14Cl3NO2/c1-2-7-3-5-13(6-4-7)8(14)15-9(10,11)12/h7H,2-6H2,1H3. The summed E-state index contributed by atoms with van der Waals surface area (Å²) in [6.07, 6.45) is 2.58. The summed E-state index contributed by atoms with van der Waals surface area (Å²) >= 11 is 16.1. The van der Waals surface area contributed by atoms with Gasteiger partial charge in [0.1, 0.15) is 0 Å². The van der Waals surface area contributed by atoms with Crippen molar-refractivity contribution in [3.63, 3.8) is 0 Å². The molecule has 1 amide bonds. The van der Waals surface area contributed by atoms with Gasteiger partial charge in [-0.2, -0.15) is 0 Å². The van der Waals surface area contributed by atoms with E-state index < -0.39 is 10.1 Å². The molecule has 1 aliphatic rings. The quantitative estimate of drug-likeness (QED) is 0.684. The van der Waals surface area contributed by atoms with Crippen LogP contribution in [0.25, 0.3) is 0 Å². The smallest absolute Gasteiger partial charge is 0.398 e. The topological polar surface area (TPSA) is 29.5 Å². The van der Waals surface area contributed by atoms with E-state index in [4.69, 9.17) is 34.8 Å². The summed E-state index contributed by atoms with van der Waals surface area (Å²) in [6.45, 7) is 3.51. The van der Waals surface area contributed by atoms with Crippen molar-refractivity contribution in [2.75, 3.05) is 13.1 Å². The number of likely N-dealkylation sites (tertiary alicyclic amines) is 1. The number of nitrogens with zero attached hydrogens (tertiary/aromatic N) is 1. The predicted molar refractivity (Wildman–Crippen MR) is 61.4 cm³/mol. The Hall–Kier alpha value is 0.140. The minimum absolute atomic E-state index is 0.551. The molecule has 0 aromatic carbocycles. The Labute approximate surface area is 105 Å². The van der Waals surface area contributed by atoms with E-state index in [1.165, 1.54) is 0 Å². The second-order valence-corrected chi connectivity index (χ2v) is 5.83. The molecule has 1 saturated heterocycles. The summed E-state index contributed by atoms with van der Waals surface area (Å²) in [5.41, 5.74) is 0. The van der Waals surface area contributed by atoms with E-state index in [9.17, 15) is 4.79 Å². The summed E-state index contributed by atoms with van der Waals surface area (Å²) in [6, 6.07) is 0. The molecule has 1 rings (SSSR count). The maximum Gasteiger partial charge on any atom is 0.413 e. The van der Waals surface area contributed by atoms with Crippen molar-refractivity contribution in [3.05, 3.63) is 0 Å². The Morgan fingerprint density at radius 1 is 1.40 bits per heavy atom. The van der Waals surface area contributed by atoms with Crippen LogP contribution in [0.1, 0.15) is 26.2 Å². The van der Waals surface area contributed by atoms with Crippen LogP contribution in [0.3, 0.4) is 0 Å². The van der Waals surface area contributed by atoms with Crippen molar-refractivity contribution in [3.8, 4) is 0 Å². The number of alkyl halides is 3. The molecule has 0 radical (unpaired) electrons. The lowest BCUT2D eigenvalue weighted by Crippen LogP contribution is -2.40. The van der Waals surface area contributed by atoms with Crippen molar-refractivity contribution in [1.29, 1.82) is 0 Å². The summed E-state index contributed by atoms with van der Waals surface area (Å²) in [5.74, 6) is 0.696. The van der Waals surface area contributed by atoms with Gasteiger partial charge in [0.05, 0.1) is 0 Å². The molecule has 3 nitrogen and oxygen atoms in total. The first-order valence-corrected chi connectivity index (χ1v) is 6.10. The molecule has 0 aromatic heterocycles. The van der Waals surface area contributed by atoms with Gasteiger partial charge >= 0.3 is 10.1 Å². The zero-order valence-corrected chi connectivity index (χ0v) is 10.8. The first-order chi connectivity index (χ1) is 6.92. The zero-order valence-electron chi connectivity index (χ0n) is 8.51. The molecule has 0 bridgehead atoms. The van der Waals surface area contributed by atoms with Gasteiger partial charge in [-0.15, -0.1) is 0 Å². The van der Waals surface area contributed by atoms with Gasteiger partial charge in [-0.3, -0.25) is 0 Å². The third kappa shape index (κ3) is 4.66. The molecule has 88 valence electrons. The van der Waals surface area contributed by atoms with Gasteiger partial charge in [0.15, 0.2) is 0 Å². The maximum atomic E-state index is 11.5. The van der Waals surface area contributed by atoms with Gasteiger partial charge in [0.25, 0.3) is 0 Å². The molecule has 15 heavy (non-hydrogen) atoms. The van der Waals surface area contributed by atoms with E-state index in [1.54, 1.807) is 4.90 Å². The van der Waals surface area contributed by atoms with Crippen molar-refractivity contribution < 1.29 is 9.53 Å². The maximum absolute atomic E-state index is 11.5. The van der Waals surface area contributed by atoms with E-state index in [2.05, 4.69) is 11.7 Å². The number of hydrogen-bond acceptors (Lipinski definition) is 2. The molecular formula is C9H14Cl3NO2. The molecule has 0 spiro atoms. The van der Waals surface area contributed by atoms with E-state index in [1.807, 2.05) is 0 Å². The van der Waals surface area contributed by atoms with Crippen LogP contribution in [0.15, 0.2) is 0 Å². The van der Waals surface area contributed by atoms with Crippen molar-refractivity contribution in [2.24, 2.45) is 5.92 Å². The fourth-order valence-corrected chi connectivity index (χ4v) is 1.89. The minimum atomic E-state index is -1.96. The second-order valence-electron chi connectivity index (χ2n) is 3.65. The van der Waals surface area contributed by atoms with Crippen LogP contribution in [-0.4, -0.2) is 28.1 Å². The number of carbonyl (C=O) groups excluding carboxylic acids is 1. The van der Waals surface area contributed by atoms with Gasteiger partial charge in [0, 0.05) is 13.1 Å². The molecule has 0 aromatic rings. The molecule has 0 N–H and O–H groups in total. The zero-order chi connectivity index (χ0) is 11.5.